The van der Waals surface area contributed by atoms with Gasteiger partial charge in [0.15, 0.2) is 17.3 Å². The van der Waals surface area contributed by atoms with Crippen LogP contribution in [-0.4, -0.2) is 37.4 Å². The molecular weight excluding hydrogens is 414 g/mol. The number of unbranched alkanes of at least 4 members (excludes halogenated alkanes) is 2. The number of hydrogen-bond donors (Lipinski definition) is 2. The Kier molecular flexibility index (Phi) is 12.0. The Morgan fingerprint density at radius 3 is 2.58 bits per heavy atom. The van der Waals surface area contributed by atoms with Gasteiger partial charge in [0, 0.05) is 6.42 Å². The average molecular weight is 452 g/mol. The summed E-state index contributed by atoms with van der Waals surface area (Å²) < 4.78 is 5.06. The number of benzene rings is 2. The summed E-state index contributed by atoms with van der Waals surface area (Å²) >= 11 is 0. The predicted molar refractivity (Wildman–Crippen MR) is 134 cm³/mol. The van der Waals surface area contributed by atoms with Gasteiger partial charge >= 0.3 is 0 Å². The van der Waals surface area contributed by atoms with E-state index in [0.29, 0.717) is 18.1 Å². The molecule has 0 aromatic heterocycles. The molecule has 5 nitrogen and oxygen atoms in total. The minimum atomic E-state index is -0.206. The molecule has 0 aliphatic heterocycles. The van der Waals surface area contributed by atoms with Crippen LogP contribution in [0.4, 0.5) is 0 Å². The molecule has 0 amide bonds. The molecule has 0 saturated heterocycles. The maximum absolute atomic E-state index is 12.2. The zero-order valence-electron chi connectivity index (χ0n) is 19.9. The second kappa shape index (κ2) is 15.0. The molecule has 2 N–H and O–H groups in total. The first kappa shape index (κ1) is 26.3. The first-order valence-electron chi connectivity index (χ1n) is 11.8. The summed E-state index contributed by atoms with van der Waals surface area (Å²) in [5.74, 6) is 0.810. The number of rotatable bonds is 16. The van der Waals surface area contributed by atoms with Gasteiger partial charge < -0.3 is 15.2 Å². The van der Waals surface area contributed by atoms with Gasteiger partial charge in [-0.1, -0.05) is 55.3 Å². The molecule has 0 bridgehead atoms. The molecule has 0 radical (unpaired) electrons. The normalized spacial score (nSPS) is 12.1. The Morgan fingerprint density at radius 2 is 1.85 bits per heavy atom. The number of allylic oxidation sites excluding steroid dienone is 1. The van der Waals surface area contributed by atoms with Crippen molar-refractivity contribution in [2.24, 2.45) is 5.92 Å². The third kappa shape index (κ3) is 10.5. The van der Waals surface area contributed by atoms with Crippen LogP contribution in [0.15, 0.2) is 54.6 Å². The topological polar surface area (TPSA) is 75.6 Å². The van der Waals surface area contributed by atoms with Gasteiger partial charge in [-0.05, 0) is 74.5 Å². The van der Waals surface area contributed by atoms with E-state index in [2.05, 4.69) is 29.6 Å². The van der Waals surface area contributed by atoms with Crippen molar-refractivity contribution in [2.45, 2.75) is 51.4 Å². The molecule has 1 atom stereocenters. The second-order valence-electron chi connectivity index (χ2n) is 8.49. The lowest BCUT2D eigenvalue weighted by Crippen LogP contribution is -2.19. The molecule has 0 fully saturated rings. The molecule has 2 aromatic rings. The Hall–Kier alpha value is -2.92. The largest absolute Gasteiger partial charge is 0.504 e. The summed E-state index contributed by atoms with van der Waals surface area (Å²) in [7, 11) is 3.47. The molecule has 1 unspecified atom stereocenters. The van der Waals surface area contributed by atoms with Crippen LogP contribution in [0.3, 0.4) is 0 Å². The summed E-state index contributed by atoms with van der Waals surface area (Å²) in [6.45, 7) is 1.01. The van der Waals surface area contributed by atoms with Crippen molar-refractivity contribution in [3.05, 3.63) is 65.7 Å². The number of methoxy groups -OCH3 is 1. The van der Waals surface area contributed by atoms with Gasteiger partial charge in [0.25, 0.3) is 0 Å². The van der Waals surface area contributed by atoms with Crippen LogP contribution in [0, 0.1) is 5.92 Å². The lowest BCUT2D eigenvalue weighted by molar-refractivity contribution is -0.124. The standard InChI is InChI=1S/C28H37NO4/c1-29-21-24(14-13-22-9-5-3-6-10-22)11-7-4-8-12-25(30)20-26(31)17-15-23-16-18-27(32)28(19-23)33-2/h3,5-6,9-10,15-19,24,29,32H,4,7-8,11-14,20-21H2,1-2H3. The fraction of sp³-hybridized carbons (Fsp3) is 0.429. The predicted octanol–water partition coefficient (Wildman–Crippen LogP) is 5.36. The van der Waals surface area contributed by atoms with Gasteiger partial charge in [-0.2, -0.15) is 0 Å². The Bertz CT molecular complexity index is 892. The number of ether oxygens (including phenoxy) is 1. The maximum atomic E-state index is 12.2. The number of hydrogen-bond acceptors (Lipinski definition) is 5. The van der Waals surface area contributed by atoms with E-state index >= 15 is 0 Å². The van der Waals surface area contributed by atoms with Crippen molar-refractivity contribution >= 4 is 17.6 Å². The number of phenols is 1. The number of phenolic OH excluding ortho intramolecular Hbond substituents is 1. The minimum absolute atomic E-state index is 0.0104. The van der Waals surface area contributed by atoms with Crippen LogP contribution >= 0.6 is 0 Å². The molecule has 0 saturated carbocycles. The molecule has 2 rings (SSSR count). The van der Waals surface area contributed by atoms with Gasteiger partial charge in [0.1, 0.15) is 5.78 Å². The highest BCUT2D eigenvalue weighted by Crippen LogP contribution is 2.26. The third-order valence-electron chi connectivity index (χ3n) is 5.78. The molecule has 0 heterocycles. The average Bonchev–Trinajstić information content (AvgIpc) is 2.82. The number of aromatic hydroxyl groups is 1. The summed E-state index contributed by atoms with van der Waals surface area (Å²) in [6, 6.07) is 15.4. The summed E-state index contributed by atoms with van der Waals surface area (Å²) in [5.41, 5.74) is 2.11. The van der Waals surface area contributed by atoms with E-state index in [0.717, 1.165) is 50.6 Å². The smallest absolute Gasteiger partial charge is 0.163 e. The van der Waals surface area contributed by atoms with Crippen molar-refractivity contribution < 1.29 is 19.4 Å². The van der Waals surface area contributed by atoms with Gasteiger partial charge in [-0.3, -0.25) is 9.59 Å². The maximum Gasteiger partial charge on any atom is 0.163 e. The molecule has 33 heavy (non-hydrogen) atoms. The second-order valence-corrected chi connectivity index (χ2v) is 8.49. The van der Waals surface area contributed by atoms with Crippen LogP contribution in [-0.2, 0) is 16.0 Å². The van der Waals surface area contributed by atoms with E-state index in [4.69, 9.17) is 4.74 Å². The molecule has 5 heteroatoms. The van der Waals surface area contributed by atoms with Gasteiger partial charge in [-0.25, -0.2) is 0 Å². The van der Waals surface area contributed by atoms with Crippen LogP contribution in [0.1, 0.15) is 56.1 Å². The minimum Gasteiger partial charge on any atom is -0.504 e. The van der Waals surface area contributed by atoms with Crippen molar-refractivity contribution in [3.63, 3.8) is 0 Å². The number of ketones is 2. The van der Waals surface area contributed by atoms with Crippen molar-refractivity contribution in [3.8, 4) is 11.5 Å². The zero-order chi connectivity index (χ0) is 23.9. The lowest BCUT2D eigenvalue weighted by Gasteiger charge is -2.16. The summed E-state index contributed by atoms with van der Waals surface area (Å²) in [6.07, 6.45) is 9.79. The van der Waals surface area contributed by atoms with Crippen LogP contribution in [0.2, 0.25) is 0 Å². The van der Waals surface area contributed by atoms with E-state index in [9.17, 15) is 14.7 Å². The van der Waals surface area contributed by atoms with Crippen LogP contribution < -0.4 is 10.1 Å². The number of aryl methyl sites for hydroxylation is 1. The summed E-state index contributed by atoms with van der Waals surface area (Å²) in [4.78, 5) is 24.2. The molecule has 178 valence electrons. The molecule has 2 aromatic carbocycles. The quantitative estimate of drug-likeness (QED) is 0.204. The first-order valence-corrected chi connectivity index (χ1v) is 11.8. The van der Waals surface area contributed by atoms with E-state index in [1.807, 2.05) is 13.1 Å². The fourth-order valence-electron chi connectivity index (χ4n) is 3.91. The zero-order valence-corrected chi connectivity index (χ0v) is 19.9. The van der Waals surface area contributed by atoms with E-state index in [1.54, 1.807) is 18.2 Å². The highest BCUT2D eigenvalue weighted by molar-refractivity contribution is 6.06. The first-order chi connectivity index (χ1) is 16.0. The van der Waals surface area contributed by atoms with E-state index in [1.165, 1.54) is 24.8 Å². The number of carbonyl (C=O) groups excluding carboxylic acids is 2. The number of nitrogens with one attached hydrogen (secondary N) is 1. The van der Waals surface area contributed by atoms with Gasteiger partial charge in [0.05, 0.1) is 13.5 Å². The van der Waals surface area contributed by atoms with Gasteiger partial charge in [0.2, 0.25) is 0 Å². The van der Waals surface area contributed by atoms with Gasteiger partial charge in [-0.15, -0.1) is 0 Å². The van der Waals surface area contributed by atoms with E-state index < -0.39 is 0 Å². The Morgan fingerprint density at radius 1 is 1.06 bits per heavy atom. The SMILES string of the molecule is CNCC(CCCCCC(=O)CC(=O)C=Cc1ccc(O)c(OC)c1)CCc1ccccc1. The van der Waals surface area contributed by atoms with Crippen molar-refractivity contribution in [2.75, 3.05) is 20.7 Å². The molecule has 0 spiro atoms. The summed E-state index contributed by atoms with van der Waals surface area (Å²) in [5, 5.41) is 12.9. The highest BCUT2D eigenvalue weighted by Gasteiger charge is 2.10. The lowest BCUT2D eigenvalue weighted by atomic mass is 9.93. The molecular formula is C28H37NO4. The molecule has 0 aliphatic rings. The highest BCUT2D eigenvalue weighted by atomic mass is 16.5. The molecule has 0 aliphatic carbocycles. The third-order valence-corrected chi connectivity index (χ3v) is 5.78. The van der Waals surface area contributed by atoms with Crippen molar-refractivity contribution in [1.29, 1.82) is 0 Å². The monoisotopic (exact) mass is 451 g/mol. The Labute approximate surface area is 197 Å². The number of Topliss-reactive ketones (excluding diaryl/α,β-unsaturated/α-hetero) is 1. The fourth-order valence-corrected chi connectivity index (χ4v) is 3.91. The van der Waals surface area contributed by atoms with Crippen LogP contribution in [0.5, 0.6) is 11.5 Å². The van der Waals surface area contributed by atoms with Crippen LogP contribution in [0.25, 0.3) is 6.08 Å². The number of carbonyl (C=O) groups is 2. The Balaban J connectivity index is 1.63. The van der Waals surface area contributed by atoms with E-state index in [-0.39, 0.29) is 23.7 Å². The van der Waals surface area contributed by atoms with Crippen molar-refractivity contribution in [1.82, 2.24) is 5.32 Å².